The Bertz CT molecular complexity index is 281. The van der Waals surface area contributed by atoms with Crippen LogP contribution in [-0.4, -0.2) is 6.54 Å². The first-order valence-corrected chi connectivity index (χ1v) is 6.44. The van der Waals surface area contributed by atoms with Gasteiger partial charge in [0, 0.05) is 0 Å². The van der Waals surface area contributed by atoms with Crippen molar-refractivity contribution in [2.24, 2.45) is 11.1 Å². The lowest BCUT2D eigenvalue weighted by Gasteiger charge is -2.27. The van der Waals surface area contributed by atoms with E-state index in [0.717, 1.165) is 6.54 Å². The third-order valence-corrected chi connectivity index (χ3v) is 3.43. The van der Waals surface area contributed by atoms with Crippen LogP contribution in [0, 0.1) is 5.41 Å². The molecule has 0 saturated heterocycles. The molecule has 0 aromatic heterocycles. The summed E-state index contributed by atoms with van der Waals surface area (Å²) in [4.78, 5) is 0. The maximum absolute atomic E-state index is 5.87. The van der Waals surface area contributed by atoms with Crippen molar-refractivity contribution in [2.75, 3.05) is 6.54 Å². The molecule has 1 nitrogen and oxygen atoms in total. The quantitative estimate of drug-likeness (QED) is 0.742. The van der Waals surface area contributed by atoms with Crippen molar-refractivity contribution in [1.29, 1.82) is 0 Å². The Balaban J connectivity index is 2.34. The molecule has 0 radical (unpaired) electrons. The second-order valence-electron chi connectivity index (χ2n) is 5.10. The fraction of sp³-hybridized carbons (Fsp3) is 0.600. The molecule has 0 amide bonds. The monoisotopic (exact) mass is 219 g/mol. The van der Waals surface area contributed by atoms with Gasteiger partial charge in [-0.1, -0.05) is 50.6 Å². The minimum Gasteiger partial charge on any atom is -0.330 e. The van der Waals surface area contributed by atoms with Gasteiger partial charge in [-0.15, -0.1) is 0 Å². The highest BCUT2D eigenvalue weighted by molar-refractivity contribution is 5.14. The van der Waals surface area contributed by atoms with Crippen molar-refractivity contribution in [1.82, 2.24) is 0 Å². The molecule has 0 saturated carbocycles. The van der Waals surface area contributed by atoms with E-state index in [1.807, 2.05) is 0 Å². The first-order valence-electron chi connectivity index (χ1n) is 6.44. The van der Waals surface area contributed by atoms with Gasteiger partial charge >= 0.3 is 0 Å². The largest absolute Gasteiger partial charge is 0.330 e. The molecular formula is C15H25N. The summed E-state index contributed by atoms with van der Waals surface area (Å²) in [5.41, 5.74) is 7.67. The van der Waals surface area contributed by atoms with Gasteiger partial charge in [-0.05, 0) is 43.2 Å². The van der Waals surface area contributed by atoms with Crippen LogP contribution in [0.15, 0.2) is 30.3 Å². The van der Waals surface area contributed by atoms with E-state index in [-0.39, 0.29) is 0 Å². The molecule has 0 spiro atoms. The zero-order valence-electron chi connectivity index (χ0n) is 10.7. The Morgan fingerprint density at radius 2 is 1.81 bits per heavy atom. The van der Waals surface area contributed by atoms with Crippen LogP contribution in [0.5, 0.6) is 0 Å². The Kier molecular flexibility index (Phi) is 5.54. The first kappa shape index (κ1) is 13.2. The number of aryl methyl sites for hydroxylation is 1. The molecule has 1 atom stereocenters. The maximum Gasteiger partial charge on any atom is -0.00232 e. The molecule has 1 aromatic carbocycles. The number of hydrogen-bond donors (Lipinski definition) is 1. The van der Waals surface area contributed by atoms with Crippen LogP contribution in [0.1, 0.15) is 45.1 Å². The van der Waals surface area contributed by atoms with E-state index in [1.54, 1.807) is 0 Å². The highest BCUT2D eigenvalue weighted by Gasteiger charge is 2.20. The van der Waals surface area contributed by atoms with Gasteiger partial charge in [-0.2, -0.15) is 0 Å². The van der Waals surface area contributed by atoms with Gasteiger partial charge < -0.3 is 5.73 Å². The summed E-state index contributed by atoms with van der Waals surface area (Å²) < 4.78 is 0. The molecule has 0 aliphatic rings. The van der Waals surface area contributed by atoms with Crippen molar-refractivity contribution in [3.63, 3.8) is 0 Å². The van der Waals surface area contributed by atoms with Crippen LogP contribution in [0.2, 0.25) is 0 Å². The van der Waals surface area contributed by atoms with E-state index < -0.39 is 0 Å². The zero-order chi connectivity index (χ0) is 11.9. The van der Waals surface area contributed by atoms with Gasteiger partial charge in [0.2, 0.25) is 0 Å². The lowest BCUT2D eigenvalue weighted by molar-refractivity contribution is 0.273. The lowest BCUT2D eigenvalue weighted by Crippen LogP contribution is -2.27. The smallest absolute Gasteiger partial charge is 0.00232 e. The predicted molar refractivity (Wildman–Crippen MR) is 71.4 cm³/mol. The molecule has 1 rings (SSSR count). The Hall–Kier alpha value is -0.820. The molecule has 0 heterocycles. The molecule has 1 aromatic rings. The van der Waals surface area contributed by atoms with Gasteiger partial charge in [0.25, 0.3) is 0 Å². The summed E-state index contributed by atoms with van der Waals surface area (Å²) in [7, 11) is 0. The maximum atomic E-state index is 5.87. The van der Waals surface area contributed by atoms with Crippen molar-refractivity contribution >= 4 is 0 Å². The number of nitrogens with two attached hydrogens (primary N) is 1. The third-order valence-electron chi connectivity index (χ3n) is 3.43. The number of benzene rings is 1. The Morgan fingerprint density at radius 3 is 2.38 bits per heavy atom. The fourth-order valence-corrected chi connectivity index (χ4v) is 2.30. The molecule has 1 unspecified atom stereocenters. The van der Waals surface area contributed by atoms with Crippen molar-refractivity contribution in [3.8, 4) is 0 Å². The van der Waals surface area contributed by atoms with E-state index in [0.29, 0.717) is 5.41 Å². The average molecular weight is 219 g/mol. The summed E-state index contributed by atoms with van der Waals surface area (Å²) in [6, 6.07) is 10.7. The zero-order valence-corrected chi connectivity index (χ0v) is 10.7. The normalized spacial score (nSPS) is 14.7. The first-order chi connectivity index (χ1) is 7.70. The van der Waals surface area contributed by atoms with Crippen molar-refractivity contribution < 1.29 is 0 Å². The van der Waals surface area contributed by atoms with Crippen LogP contribution in [-0.2, 0) is 6.42 Å². The Labute approximate surface area is 100 Å². The predicted octanol–water partition coefficient (Wildman–Crippen LogP) is 3.77. The second-order valence-corrected chi connectivity index (χ2v) is 5.10. The summed E-state index contributed by atoms with van der Waals surface area (Å²) in [6.45, 7) is 5.38. The average Bonchev–Trinajstić information content (AvgIpc) is 2.31. The highest BCUT2D eigenvalue weighted by atomic mass is 14.6. The van der Waals surface area contributed by atoms with Gasteiger partial charge in [-0.3, -0.25) is 0 Å². The molecule has 0 aliphatic heterocycles. The van der Waals surface area contributed by atoms with Crippen molar-refractivity contribution in [3.05, 3.63) is 35.9 Å². The van der Waals surface area contributed by atoms with Crippen LogP contribution in [0.3, 0.4) is 0 Å². The molecule has 0 bridgehead atoms. The van der Waals surface area contributed by atoms with Crippen molar-refractivity contribution in [2.45, 2.75) is 46.0 Å². The summed E-state index contributed by atoms with van der Waals surface area (Å²) in [5, 5.41) is 0. The van der Waals surface area contributed by atoms with Gasteiger partial charge in [-0.25, -0.2) is 0 Å². The van der Waals surface area contributed by atoms with E-state index >= 15 is 0 Å². The molecule has 0 fully saturated rings. The lowest BCUT2D eigenvalue weighted by atomic mass is 9.80. The topological polar surface area (TPSA) is 26.0 Å². The van der Waals surface area contributed by atoms with Crippen LogP contribution in [0.25, 0.3) is 0 Å². The van der Waals surface area contributed by atoms with Crippen LogP contribution < -0.4 is 5.73 Å². The third kappa shape index (κ3) is 4.36. The standard InChI is InChI=1S/C15H25N/c1-3-11-15(2,13-16)12-7-10-14-8-5-4-6-9-14/h4-6,8-9H,3,7,10-13,16H2,1-2H3. The minimum absolute atomic E-state index is 0.351. The molecule has 90 valence electrons. The SMILES string of the molecule is CCCC(C)(CN)CCCc1ccccc1. The van der Waals surface area contributed by atoms with E-state index in [1.165, 1.54) is 37.7 Å². The highest BCUT2D eigenvalue weighted by Crippen LogP contribution is 2.28. The van der Waals surface area contributed by atoms with E-state index in [4.69, 9.17) is 5.73 Å². The summed E-state index contributed by atoms with van der Waals surface area (Å²) in [6.07, 6.45) is 6.15. The molecule has 16 heavy (non-hydrogen) atoms. The Morgan fingerprint density at radius 1 is 1.12 bits per heavy atom. The van der Waals surface area contributed by atoms with E-state index in [2.05, 4.69) is 44.2 Å². The summed E-state index contributed by atoms with van der Waals surface area (Å²) >= 11 is 0. The second kappa shape index (κ2) is 6.70. The minimum atomic E-state index is 0.351. The molecule has 1 heteroatoms. The van der Waals surface area contributed by atoms with Gasteiger partial charge in [0.1, 0.15) is 0 Å². The molecule has 2 N–H and O–H groups in total. The van der Waals surface area contributed by atoms with Crippen LogP contribution >= 0.6 is 0 Å². The molecule has 0 aliphatic carbocycles. The van der Waals surface area contributed by atoms with Crippen LogP contribution in [0.4, 0.5) is 0 Å². The number of rotatable bonds is 7. The fourth-order valence-electron chi connectivity index (χ4n) is 2.30. The van der Waals surface area contributed by atoms with E-state index in [9.17, 15) is 0 Å². The summed E-state index contributed by atoms with van der Waals surface area (Å²) in [5.74, 6) is 0. The van der Waals surface area contributed by atoms with Gasteiger partial charge in [0.05, 0.1) is 0 Å². The van der Waals surface area contributed by atoms with Gasteiger partial charge in [0.15, 0.2) is 0 Å². The molecular weight excluding hydrogens is 194 g/mol. The number of hydrogen-bond acceptors (Lipinski definition) is 1.